The Morgan fingerprint density at radius 1 is 1.29 bits per heavy atom. The van der Waals surface area contributed by atoms with Crippen LogP contribution in [0.1, 0.15) is 30.9 Å². The minimum absolute atomic E-state index is 0. The number of piperidine rings is 1. The lowest BCUT2D eigenvalue weighted by Gasteiger charge is -2.36. The molecule has 0 aromatic heterocycles. The number of benzene rings is 1. The van der Waals surface area contributed by atoms with Crippen LogP contribution >= 0.6 is 12.4 Å². The molecule has 0 bridgehead atoms. The summed E-state index contributed by atoms with van der Waals surface area (Å²) in [5.41, 5.74) is 4.11. The molecule has 24 heavy (non-hydrogen) atoms. The summed E-state index contributed by atoms with van der Waals surface area (Å²) < 4.78 is 25.6. The Bertz CT molecular complexity index is 658. The number of para-hydroxylation sites is 1. The zero-order valence-electron chi connectivity index (χ0n) is 14.5. The quantitative estimate of drug-likeness (QED) is 0.860. The minimum Gasteiger partial charge on any atom is -0.384 e. The van der Waals surface area contributed by atoms with Crippen molar-refractivity contribution in [3.63, 3.8) is 0 Å². The van der Waals surface area contributed by atoms with Crippen LogP contribution in [0.4, 0.5) is 5.69 Å². The van der Waals surface area contributed by atoms with Gasteiger partial charge in [-0.05, 0) is 37.3 Å². The van der Waals surface area contributed by atoms with Gasteiger partial charge in [0.2, 0.25) is 10.0 Å². The van der Waals surface area contributed by atoms with Crippen LogP contribution in [-0.2, 0) is 23.0 Å². The lowest BCUT2D eigenvalue weighted by molar-refractivity contribution is 0.164. The molecule has 0 atom stereocenters. The molecule has 1 fully saturated rings. The number of nitrogens with one attached hydrogen (secondary N) is 1. The largest absolute Gasteiger partial charge is 0.384 e. The van der Waals surface area contributed by atoms with E-state index in [1.54, 1.807) is 18.3 Å². The number of hydrogen-bond acceptors (Lipinski definition) is 4. The van der Waals surface area contributed by atoms with E-state index < -0.39 is 10.0 Å². The summed E-state index contributed by atoms with van der Waals surface area (Å²) in [5, 5.41) is 3.50. The molecule has 5 nitrogen and oxygen atoms in total. The van der Waals surface area contributed by atoms with Crippen LogP contribution < -0.4 is 5.32 Å². The van der Waals surface area contributed by atoms with Crippen molar-refractivity contribution in [2.45, 2.75) is 38.8 Å². The number of hydrogen-bond donors (Lipinski definition) is 1. The first-order chi connectivity index (χ1) is 11.0. The lowest BCUT2D eigenvalue weighted by atomic mass is 10.0. The van der Waals surface area contributed by atoms with Gasteiger partial charge >= 0.3 is 0 Å². The van der Waals surface area contributed by atoms with Gasteiger partial charge in [-0.3, -0.25) is 4.90 Å². The van der Waals surface area contributed by atoms with Gasteiger partial charge in [0.25, 0.3) is 0 Å². The van der Waals surface area contributed by atoms with Crippen molar-refractivity contribution in [2.75, 3.05) is 37.8 Å². The monoisotopic (exact) mass is 373 g/mol. The number of likely N-dealkylation sites (tertiary alicyclic amines) is 1. The summed E-state index contributed by atoms with van der Waals surface area (Å²) in [7, 11) is -1.35. The molecule has 0 spiro atoms. The van der Waals surface area contributed by atoms with Crippen molar-refractivity contribution in [1.82, 2.24) is 9.21 Å². The van der Waals surface area contributed by atoms with E-state index in [0.29, 0.717) is 0 Å². The molecular formula is C17H28ClN3O2S. The van der Waals surface area contributed by atoms with E-state index in [1.165, 1.54) is 16.8 Å². The third-order valence-corrected chi connectivity index (χ3v) is 7.11. The number of rotatable bonds is 5. The number of halogens is 1. The molecule has 1 aromatic carbocycles. The normalized spacial score (nSPS) is 19.0. The van der Waals surface area contributed by atoms with E-state index in [1.807, 2.05) is 0 Å². The first-order valence-corrected chi connectivity index (χ1v) is 10.1. The molecule has 1 N–H and O–H groups in total. The van der Waals surface area contributed by atoms with Gasteiger partial charge in [0.15, 0.2) is 0 Å². The predicted molar refractivity (Wildman–Crippen MR) is 101 cm³/mol. The van der Waals surface area contributed by atoms with E-state index >= 15 is 0 Å². The van der Waals surface area contributed by atoms with Crippen molar-refractivity contribution in [3.8, 4) is 0 Å². The second-order valence-electron chi connectivity index (χ2n) is 6.55. The second kappa shape index (κ2) is 8.04. The summed E-state index contributed by atoms with van der Waals surface area (Å²) in [4.78, 5) is 2.44. The van der Waals surface area contributed by atoms with E-state index in [0.717, 1.165) is 45.4 Å². The Labute approximate surface area is 151 Å². The molecule has 0 radical (unpaired) electrons. The Hall–Kier alpha value is -0.820. The molecule has 0 aliphatic carbocycles. The van der Waals surface area contributed by atoms with Crippen LogP contribution in [0.15, 0.2) is 18.2 Å². The molecule has 0 amide bonds. The summed E-state index contributed by atoms with van der Waals surface area (Å²) in [5.74, 6) is 0.186. The van der Waals surface area contributed by atoms with E-state index in [9.17, 15) is 8.42 Å². The zero-order valence-corrected chi connectivity index (χ0v) is 16.1. The van der Waals surface area contributed by atoms with Crippen LogP contribution in [0.5, 0.6) is 0 Å². The molecular weight excluding hydrogens is 346 g/mol. The summed E-state index contributed by atoms with van der Waals surface area (Å²) >= 11 is 0. The molecule has 7 heteroatoms. The maximum absolute atomic E-state index is 12.0. The lowest BCUT2D eigenvalue weighted by Crippen LogP contribution is -2.45. The topological polar surface area (TPSA) is 52.7 Å². The molecule has 2 heterocycles. The van der Waals surface area contributed by atoms with Crippen LogP contribution in [0, 0.1) is 0 Å². The van der Waals surface area contributed by atoms with E-state index in [2.05, 4.69) is 28.4 Å². The highest BCUT2D eigenvalue weighted by Gasteiger charge is 2.29. The smallest absolute Gasteiger partial charge is 0.213 e. The summed E-state index contributed by atoms with van der Waals surface area (Å²) in [6.45, 7) is 5.61. The van der Waals surface area contributed by atoms with Gasteiger partial charge < -0.3 is 5.32 Å². The fraction of sp³-hybridized carbons (Fsp3) is 0.647. The third kappa shape index (κ3) is 4.04. The van der Waals surface area contributed by atoms with Crippen molar-refractivity contribution >= 4 is 28.1 Å². The van der Waals surface area contributed by atoms with Gasteiger partial charge in [-0.2, -0.15) is 0 Å². The highest BCUT2D eigenvalue weighted by Crippen LogP contribution is 2.28. The highest BCUT2D eigenvalue weighted by atomic mass is 35.5. The van der Waals surface area contributed by atoms with Crippen LogP contribution in [0.2, 0.25) is 0 Å². The number of fused-ring (bicyclic) bond motifs is 1. The Morgan fingerprint density at radius 2 is 2.00 bits per heavy atom. The molecule has 2 aliphatic rings. The Kier molecular flexibility index (Phi) is 6.53. The Balaban J connectivity index is 0.00000208. The predicted octanol–water partition coefficient (Wildman–Crippen LogP) is 2.32. The zero-order chi connectivity index (χ0) is 16.4. The molecule has 3 rings (SSSR count). The van der Waals surface area contributed by atoms with E-state index in [-0.39, 0.29) is 24.2 Å². The van der Waals surface area contributed by atoms with Gasteiger partial charge in [0.05, 0.1) is 5.75 Å². The number of nitrogens with zero attached hydrogens (tertiary/aromatic N) is 2. The van der Waals surface area contributed by atoms with Gasteiger partial charge in [0.1, 0.15) is 0 Å². The third-order valence-electron chi connectivity index (χ3n) is 5.20. The first kappa shape index (κ1) is 19.5. The highest BCUT2D eigenvalue weighted by molar-refractivity contribution is 7.89. The standard InChI is InChI=1S/C17H27N3O2S.ClH/c1-3-23(21,22)19(2)16-8-11-20(12-9-16)13-15-6-4-5-14-7-10-18-17(14)15;/h4-6,16,18H,3,7-13H2,1-2H3;1H. The first-order valence-electron chi connectivity index (χ1n) is 8.54. The van der Waals surface area contributed by atoms with Gasteiger partial charge in [0, 0.05) is 45.0 Å². The maximum Gasteiger partial charge on any atom is 0.213 e. The molecule has 2 aliphatic heterocycles. The fourth-order valence-electron chi connectivity index (χ4n) is 3.66. The SMILES string of the molecule is CCS(=O)(=O)N(C)C1CCN(Cc2cccc3c2NCC3)CC1.Cl. The molecule has 0 unspecified atom stereocenters. The average molecular weight is 374 g/mol. The van der Waals surface area contributed by atoms with Crippen LogP contribution in [0.25, 0.3) is 0 Å². The van der Waals surface area contributed by atoms with Gasteiger partial charge in [-0.1, -0.05) is 18.2 Å². The molecule has 1 aromatic rings. The van der Waals surface area contributed by atoms with Crippen LogP contribution in [0.3, 0.4) is 0 Å². The van der Waals surface area contributed by atoms with E-state index in [4.69, 9.17) is 0 Å². The second-order valence-corrected chi connectivity index (χ2v) is 8.87. The van der Waals surface area contributed by atoms with Crippen molar-refractivity contribution in [1.29, 1.82) is 0 Å². The average Bonchev–Trinajstić information content (AvgIpc) is 3.04. The van der Waals surface area contributed by atoms with Gasteiger partial charge in [-0.25, -0.2) is 12.7 Å². The minimum atomic E-state index is -3.08. The molecule has 1 saturated heterocycles. The molecule has 136 valence electrons. The van der Waals surface area contributed by atoms with Crippen LogP contribution in [-0.4, -0.2) is 56.1 Å². The number of anilines is 1. The van der Waals surface area contributed by atoms with Crippen molar-refractivity contribution < 1.29 is 8.42 Å². The maximum atomic E-state index is 12.0. The summed E-state index contributed by atoms with van der Waals surface area (Å²) in [6, 6.07) is 6.71. The van der Waals surface area contributed by atoms with Gasteiger partial charge in [-0.15, -0.1) is 12.4 Å². The Morgan fingerprint density at radius 3 is 2.67 bits per heavy atom. The summed E-state index contributed by atoms with van der Waals surface area (Å²) in [6.07, 6.45) is 2.95. The number of sulfonamides is 1. The van der Waals surface area contributed by atoms with Crippen molar-refractivity contribution in [2.24, 2.45) is 0 Å². The van der Waals surface area contributed by atoms with Crippen molar-refractivity contribution in [3.05, 3.63) is 29.3 Å². The molecule has 0 saturated carbocycles. The fourth-order valence-corrected chi connectivity index (χ4v) is 4.73.